The Hall–Kier alpha value is -3.09. The van der Waals surface area contributed by atoms with Gasteiger partial charge in [0.1, 0.15) is 19.8 Å². The molecule has 1 aromatic heterocycles. The summed E-state index contributed by atoms with van der Waals surface area (Å²) in [5.74, 6) is 1.14. The van der Waals surface area contributed by atoms with Crippen LogP contribution in [0.5, 0.6) is 11.5 Å². The fraction of sp³-hybridized carbons (Fsp3) is 0.409. The fourth-order valence-corrected chi connectivity index (χ4v) is 3.60. The largest absolute Gasteiger partial charge is 0.486 e. The summed E-state index contributed by atoms with van der Waals surface area (Å²) in [5, 5.41) is 7.25. The minimum absolute atomic E-state index is 0.101. The second kappa shape index (κ2) is 8.94. The second-order valence-corrected chi connectivity index (χ2v) is 7.28. The standard InChI is InChI=1S/C22H25N3O4/c26-21(23-11-10-16-4-2-1-3-5-16)15-25-22(27)9-7-18(24-25)17-6-8-19-20(14-17)29-13-12-28-19/h4,6-9,14H,1-3,5,10-13,15H2,(H,23,26). The number of nitrogens with zero attached hydrogens (tertiary/aromatic N) is 2. The van der Waals surface area contributed by atoms with Crippen LogP contribution >= 0.6 is 0 Å². The van der Waals surface area contributed by atoms with Gasteiger partial charge in [-0.2, -0.15) is 5.10 Å². The highest BCUT2D eigenvalue weighted by atomic mass is 16.6. The maximum Gasteiger partial charge on any atom is 0.267 e. The number of carbonyl (C=O) groups is 1. The Morgan fingerprint density at radius 3 is 2.79 bits per heavy atom. The molecule has 4 rings (SSSR count). The third kappa shape index (κ3) is 4.85. The number of allylic oxidation sites excluding steroid dienone is 1. The zero-order valence-corrected chi connectivity index (χ0v) is 16.4. The van der Waals surface area contributed by atoms with Gasteiger partial charge in [-0.1, -0.05) is 11.6 Å². The molecule has 7 nitrogen and oxygen atoms in total. The molecule has 1 amide bonds. The first-order chi connectivity index (χ1) is 14.2. The van der Waals surface area contributed by atoms with Crippen molar-refractivity contribution in [2.75, 3.05) is 19.8 Å². The Morgan fingerprint density at radius 2 is 1.97 bits per heavy atom. The molecule has 152 valence electrons. The molecular weight excluding hydrogens is 370 g/mol. The van der Waals surface area contributed by atoms with Crippen molar-refractivity contribution in [3.05, 3.63) is 52.3 Å². The number of amides is 1. The number of aromatic nitrogens is 2. The second-order valence-electron chi connectivity index (χ2n) is 7.28. The first kappa shape index (κ1) is 19.2. The minimum Gasteiger partial charge on any atom is -0.486 e. The zero-order chi connectivity index (χ0) is 20.1. The highest BCUT2D eigenvalue weighted by Gasteiger charge is 2.14. The molecule has 0 unspecified atom stereocenters. The van der Waals surface area contributed by atoms with Crippen LogP contribution in [0.2, 0.25) is 0 Å². The Kier molecular flexibility index (Phi) is 5.93. The van der Waals surface area contributed by atoms with E-state index in [1.165, 1.54) is 29.2 Å². The molecule has 0 radical (unpaired) electrons. The van der Waals surface area contributed by atoms with Gasteiger partial charge in [0.25, 0.3) is 5.56 Å². The average molecular weight is 395 g/mol. The number of rotatable bonds is 6. The van der Waals surface area contributed by atoms with E-state index in [2.05, 4.69) is 16.5 Å². The van der Waals surface area contributed by atoms with E-state index in [-0.39, 0.29) is 18.0 Å². The monoisotopic (exact) mass is 395 g/mol. The van der Waals surface area contributed by atoms with Crippen molar-refractivity contribution in [2.45, 2.75) is 38.6 Å². The topological polar surface area (TPSA) is 82.5 Å². The van der Waals surface area contributed by atoms with E-state index in [1.54, 1.807) is 6.07 Å². The third-order valence-electron chi connectivity index (χ3n) is 5.15. The highest BCUT2D eigenvalue weighted by Crippen LogP contribution is 2.33. The SMILES string of the molecule is O=C(Cn1nc(-c2ccc3c(c2)OCCO3)ccc1=O)NCCC1=CCCCC1. The van der Waals surface area contributed by atoms with Gasteiger partial charge in [0.2, 0.25) is 5.91 Å². The first-order valence-corrected chi connectivity index (χ1v) is 10.1. The molecule has 1 N–H and O–H groups in total. The summed E-state index contributed by atoms with van der Waals surface area (Å²) in [6.07, 6.45) is 7.88. The highest BCUT2D eigenvalue weighted by molar-refractivity contribution is 5.75. The summed E-state index contributed by atoms with van der Waals surface area (Å²) < 4.78 is 12.3. The number of nitrogens with one attached hydrogen (secondary N) is 1. The molecule has 2 aromatic rings. The van der Waals surface area contributed by atoms with Gasteiger partial charge >= 0.3 is 0 Å². The molecule has 0 saturated carbocycles. The van der Waals surface area contributed by atoms with Gasteiger partial charge in [0.05, 0.1) is 5.69 Å². The summed E-state index contributed by atoms with van der Waals surface area (Å²) >= 11 is 0. The predicted octanol–water partition coefficient (Wildman–Crippen LogP) is 2.69. The number of hydrogen-bond acceptors (Lipinski definition) is 5. The molecule has 0 fully saturated rings. The van der Waals surface area contributed by atoms with E-state index in [0.29, 0.717) is 37.0 Å². The quantitative estimate of drug-likeness (QED) is 0.761. The van der Waals surface area contributed by atoms with Crippen LogP contribution in [0.25, 0.3) is 11.3 Å². The van der Waals surface area contributed by atoms with Gasteiger partial charge in [0, 0.05) is 18.2 Å². The number of hydrogen-bond donors (Lipinski definition) is 1. The molecule has 1 aliphatic carbocycles. The van der Waals surface area contributed by atoms with E-state index in [0.717, 1.165) is 24.8 Å². The summed E-state index contributed by atoms with van der Waals surface area (Å²) in [7, 11) is 0. The van der Waals surface area contributed by atoms with E-state index in [4.69, 9.17) is 9.47 Å². The van der Waals surface area contributed by atoms with Crippen LogP contribution < -0.4 is 20.3 Å². The normalized spacial score (nSPS) is 15.5. The van der Waals surface area contributed by atoms with E-state index >= 15 is 0 Å². The van der Waals surface area contributed by atoms with Crippen molar-refractivity contribution in [3.8, 4) is 22.8 Å². The minimum atomic E-state index is -0.309. The molecule has 29 heavy (non-hydrogen) atoms. The van der Waals surface area contributed by atoms with Crippen molar-refractivity contribution in [2.24, 2.45) is 0 Å². The molecule has 0 atom stereocenters. The van der Waals surface area contributed by atoms with Crippen LogP contribution in [0.1, 0.15) is 32.1 Å². The summed E-state index contributed by atoms with van der Waals surface area (Å²) in [6.45, 7) is 1.51. The predicted molar refractivity (Wildman–Crippen MR) is 109 cm³/mol. The van der Waals surface area contributed by atoms with Crippen molar-refractivity contribution >= 4 is 5.91 Å². The molecule has 0 bridgehead atoms. The summed E-state index contributed by atoms with van der Waals surface area (Å²) in [5.41, 5.74) is 2.50. The van der Waals surface area contributed by atoms with Crippen molar-refractivity contribution in [1.29, 1.82) is 0 Å². The maximum atomic E-state index is 12.3. The first-order valence-electron chi connectivity index (χ1n) is 10.1. The van der Waals surface area contributed by atoms with Crippen LogP contribution in [-0.4, -0.2) is 35.4 Å². The van der Waals surface area contributed by atoms with Crippen molar-refractivity contribution in [1.82, 2.24) is 15.1 Å². The molecular formula is C22H25N3O4. The lowest BCUT2D eigenvalue weighted by atomic mass is 9.97. The lowest BCUT2D eigenvalue weighted by molar-refractivity contribution is -0.121. The molecule has 1 aromatic carbocycles. The molecule has 0 spiro atoms. The van der Waals surface area contributed by atoms with Crippen LogP contribution in [-0.2, 0) is 11.3 Å². The molecule has 1 aliphatic heterocycles. The Balaban J connectivity index is 1.41. The Labute approximate surface area is 169 Å². The summed E-state index contributed by atoms with van der Waals surface area (Å²) in [6, 6.07) is 8.61. The Bertz CT molecular complexity index is 980. The van der Waals surface area contributed by atoms with Crippen molar-refractivity contribution in [3.63, 3.8) is 0 Å². The number of carbonyl (C=O) groups excluding carboxylic acids is 1. The van der Waals surface area contributed by atoms with Gasteiger partial charge in [-0.05, 0) is 56.4 Å². The lowest BCUT2D eigenvalue weighted by Gasteiger charge is -2.18. The molecule has 0 saturated heterocycles. The third-order valence-corrected chi connectivity index (χ3v) is 5.15. The summed E-state index contributed by atoms with van der Waals surface area (Å²) in [4.78, 5) is 24.4. The van der Waals surface area contributed by atoms with Gasteiger partial charge < -0.3 is 14.8 Å². The van der Waals surface area contributed by atoms with Crippen LogP contribution in [0.3, 0.4) is 0 Å². The van der Waals surface area contributed by atoms with Crippen LogP contribution in [0.4, 0.5) is 0 Å². The lowest BCUT2D eigenvalue weighted by Crippen LogP contribution is -2.34. The van der Waals surface area contributed by atoms with E-state index in [9.17, 15) is 9.59 Å². The molecule has 2 heterocycles. The van der Waals surface area contributed by atoms with Gasteiger partial charge in [-0.25, -0.2) is 4.68 Å². The van der Waals surface area contributed by atoms with Crippen molar-refractivity contribution < 1.29 is 14.3 Å². The van der Waals surface area contributed by atoms with Crippen LogP contribution in [0.15, 0.2) is 46.8 Å². The van der Waals surface area contributed by atoms with Crippen LogP contribution in [0, 0.1) is 0 Å². The smallest absolute Gasteiger partial charge is 0.267 e. The number of ether oxygens (including phenoxy) is 2. The van der Waals surface area contributed by atoms with Gasteiger partial charge in [0.15, 0.2) is 11.5 Å². The maximum absolute atomic E-state index is 12.3. The van der Waals surface area contributed by atoms with E-state index in [1.807, 2.05) is 18.2 Å². The zero-order valence-electron chi connectivity index (χ0n) is 16.4. The number of benzene rings is 1. The van der Waals surface area contributed by atoms with Gasteiger partial charge in [-0.15, -0.1) is 0 Å². The average Bonchev–Trinajstić information content (AvgIpc) is 2.76. The fourth-order valence-electron chi connectivity index (χ4n) is 3.60. The van der Waals surface area contributed by atoms with Gasteiger partial charge in [-0.3, -0.25) is 9.59 Å². The molecule has 7 heteroatoms. The van der Waals surface area contributed by atoms with E-state index < -0.39 is 0 Å². The Morgan fingerprint density at radius 1 is 1.10 bits per heavy atom. The number of fused-ring (bicyclic) bond motifs is 1. The molecule has 2 aliphatic rings.